The van der Waals surface area contributed by atoms with E-state index in [2.05, 4.69) is 25.0 Å². The van der Waals surface area contributed by atoms with E-state index in [1.807, 2.05) is 0 Å². The molecule has 7 heteroatoms. The third-order valence-corrected chi connectivity index (χ3v) is 4.25. The van der Waals surface area contributed by atoms with Crippen LogP contribution in [0, 0.1) is 0 Å². The van der Waals surface area contributed by atoms with Gasteiger partial charge in [-0.1, -0.05) is 0 Å². The molecule has 1 atom stereocenters. The van der Waals surface area contributed by atoms with Crippen LogP contribution in [0.3, 0.4) is 0 Å². The van der Waals surface area contributed by atoms with Crippen LogP contribution < -0.4 is 5.69 Å². The molecule has 1 aromatic rings. The summed E-state index contributed by atoms with van der Waals surface area (Å²) in [5.74, 6) is 1.17. The molecular weight excluding hydrogens is 258 g/mol. The molecule has 0 bridgehead atoms. The Labute approximate surface area is 118 Å². The number of rotatable bonds is 4. The number of aromatic nitrogens is 3. The summed E-state index contributed by atoms with van der Waals surface area (Å²) in [5, 5.41) is 6.54. The summed E-state index contributed by atoms with van der Waals surface area (Å²) < 4.78 is 5.37. The van der Waals surface area contributed by atoms with Gasteiger partial charge in [0.25, 0.3) is 0 Å². The number of nitrogens with zero attached hydrogens (tertiary/aromatic N) is 3. The third-order valence-electron chi connectivity index (χ3n) is 4.25. The lowest BCUT2D eigenvalue weighted by molar-refractivity contribution is 0.0318. The van der Waals surface area contributed by atoms with E-state index in [-0.39, 0.29) is 5.69 Å². The van der Waals surface area contributed by atoms with Gasteiger partial charge in [-0.25, -0.2) is 9.89 Å². The summed E-state index contributed by atoms with van der Waals surface area (Å²) in [6.07, 6.45) is 2.28. The fraction of sp³-hybridized carbons (Fsp3) is 0.846. The van der Waals surface area contributed by atoms with E-state index >= 15 is 0 Å². The molecule has 20 heavy (non-hydrogen) atoms. The zero-order chi connectivity index (χ0) is 13.8. The molecule has 0 saturated carbocycles. The van der Waals surface area contributed by atoms with Gasteiger partial charge in [0.1, 0.15) is 5.82 Å². The quantitative estimate of drug-likeness (QED) is 0.786. The minimum Gasteiger partial charge on any atom is -0.379 e. The Balaban J connectivity index is 1.49. The lowest BCUT2D eigenvalue weighted by Crippen LogP contribution is -2.43. The van der Waals surface area contributed by atoms with Crippen molar-refractivity contribution >= 4 is 0 Å². The number of ether oxygens (including phenoxy) is 1. The normalized spacial score (nSPS) is 25.9. The van der Waals surface area contributed by atoms with Gasteiger partial charge in [-0.3, -0.25) is 9.88 Å². The molecular formula is C13H23N5O2. The van der Waals surface area contributed by atoms with E-state index in [1.54, 1.807) is 0 Å². The van der Waals surface area contributed by atoms with Crippen molar-refractivity contribution in [3.63, 3.8) is 0 Å². The number of H-pyrrole nitrogens is 2. The van der Waals surface area contributed by atoms with E-state index < -0.39 is 0 Å². The summed E-state index contributed by atoms with van der Waals surface area (Å²) in [6, 6.07) is 0. The van der Waals surface area contributed by atoms with Crippen LogP contribution in [-0.4, -0.2) is 77.5 Å². The van der Waals surface area contributed by atoms with Crippen LogP contribution in [0.2, 0.25) is 0 Å². The van der Waals surface area contributed by atoms with Crippen molar-refractivity contribution in [2.24, 2.45) is 0 Å². The van der Waals surface area contributed by atoms with Crippen LogP contribution in [0.25, 0.3) is 0 Å². The van der Waals surface area contributed by atoms with Crippen molar-refractivity contribution in [1.29, 1.82) is 0 Å². The Kier molecular flexibility index (Phi) is 4.49. The molecule has 1 unspecified atom stereocenters. The van der Waals surface area contributed by atoms with Crippen molar-refractivity contribution in [1.82, 2.24) is 25.0 Å². The number of piperidine rings is 1. The van der Waals surface area contributed by atoms with E-state index in [1.165, 1.54) is 6.42 Å². The lowest BCUT2D eigenvalue weighted by Gasteiger charge is -2.34. The van der Waals surface area contributed by atoms with E-state index in [9.17, 15) is 4.79 Å². The first-order valence-corrected chi connectivity index (χ1v) is 7.48. The first-order valence-electron chi connectivity index (χ1n) is 7.48. The van der Waals surface area contributed by atoms with Gasteiger partial charge < -0.3 is 9.64 Å². The fourth-order valence-corrected chi connectivity index (χ4v) is 3.07. The highest BCUT2D eigenvalue weighted by Crippen LogP contribution is 2.23. The van der Waals surface area contributed by atoms with Gasteiger partial charge in [0.2, 0.25) is 0 Å². The van der Waals surface area contributed by atoms with E-state index in [4.69, 9.17) is 4.74 Å². The maximum atomic E-state index is 11.1. The summed E-state index contributed by atoms with van der Waals surface area (Å²) in [6.45, 7) is 8.14. The molecule has 2 aliphatic heterocycles. The van der Waals surface area contributed by atoms with Gasteiger partial charge in [-0.05, 0) is 19.4 Å². The molecule has 2 saturated heterocycles. The average molecular weight is 281 g/mol. The number of aromatic amines is 2. The van der Waals surface area contributed by atoms with Crippen LogP contribution in [0.4, 0.5) is 0 Å². The van der Waals surface area contributed by atoms with Gasteiger partial charge in [-0.2, -0.15) is 5.10 Å². The summed E-state index contributed by atoms with van der Waals surface area (Å²) in [7, 11) is 0. The summed E-state index contributed by atoms with van der Waals surface area (Å²) in [4.78, 5) is 18.9. The van der Waals surface area contributed by atoms with Gasteiger partial charge in [-0.15, -0.1) is 0 Å². The minimum absolute atomic E-state index is 0.203. The predicted molar refractivity (Wildman–Crippen MR) is 74.9 cm³/mol. The van der Waals surface area contributed by atoms with Crippen molar-refractivity contribution in [3.8, 4) is 0 Å². The number of nitrogens with one attached hydrogen (secondary N) is 2. The molecule has 112 valence electrons. The lowest BCUT2D eigenvalue weighted by atomic mass is 9.97. The van der Waals surface area contributed by atoms with Crippen LogP contribution in [0.15, 0.2) is 4.79 Å². The Morgan fingerprint density at radius 2 is 2.00 bits per heavy atom. The molecule has 3 heterocycles. The second kappa shape index (κ2) is 6.51. The molecule has 2 N–H and O–H groups in total. The number of morpholine rings is 1. The van der Waals surface area contributed by atoms with Gasteiger partial charge >= 0.3 is 5.69 Å². The third kappa shape index (κ3) is 3.47. The second-order valence-corrected chi connectivity index (χ2v) is 5.66. The van der Waals surface area contributed by atoms with Crippen LogP contribution >= 0.6 is 0 Å². The highest BCUT2D eigenvalue weighted by atomic mass is 16.5. The molecule has 3 rings (SSSR count). The molecule has 0 spiro atoms. The topological polar surface area (TPSA) is 77.2 Å². The van der Waals surface area contributed by atoms with Gasteiger partial charge in [0.15, 0.2) is 0 Å². The molecule has 0 amide bonds. The Morgan fingerprint density at radius 3 is 2.75 bits per heavy atom. The number of hydrogen-bond acceptors (Lipinski definition) is 5. The smallest absolute Gasteiger partial charge is 0.340 e. The summed E-state index contributed by atoms with van der Waals surface area (Å²) in [5.41, 5.74) is -0.203. The molecule has 0 radical (unpaired) electrons. The highest BCUT2D eigenvalue weighted by Gasteiger charge is 2.24. The monoisotopic (exact) mass is 281 g/mol. The molecule has 2 fully saturated rings. The first-order chi connectivity index (χ1) is 9.81. The highest BCUT2D eigenvalue weighted by molar-refractivity contribution is 4.96. The Bertz CT molecular complexity index is 465. The maximum absolute atomic E-state index is 11.1. The van der Waals surface area contributed by atoms with Crippen molar-refractivity contribution in [2.45, 2.75) is 18.8 Å². The largest absolute Gasteiger partial charge is 0.379 e. The van der Waals surface area contributed by atoms with E-state index in [0.717, 1.165) is 64.7 Å². The second-order valence-electron chi connectivity index (χ2n) is 5.66. The van der Waals surface area contributed by atoms with Crippen LogP contribution in [-0.2, 0) is 4.74 Å². The van der Waals surface area contributed by atoms with Gasteiger partial charge in [0, 0.05) is 38.6 Å². The fourth-order valence-electron chi connectivity index (χ4n) is 3.07. The number of likely N-dealkylation sites (tertiary alicyclic amines) is 1. The zero-order valence-electron chi connectivity index (χ0n) is 11.8. The zero-order valence-corrected chi connectivity index (χ0v) is 11.8. The van der Waals surface area contributed by atoms with Crippen molar-refractivity contribution < 1.29 is 4.74 Å². The minimum atomic E-state index is -0.203. The van der Waals surface area contributed by atoms with Crippen molar-refractivity contribution in [2.75, 3.05) is 52.5 Å². The molecule has 7 nitrogen and oxygen atoms in total. The maximum Gasteiger partial charge on any atom is 0.340 e. The van der Waals surface area contributed by atoms with Crippen LogP contribution in [0.5, 0.6) is 0 Å². The Morgan fingerprint density at radius 1 is 1.20 bits per heavy atom. The predicted octanol–water partition coefficient (Wildman–Crippen LogP) is -0.390. The standard InChI is InChI=1S/C13H23N5O2/c19-13-14-12(15-16-13)11-2-1-3-18(10-11)5-4-17-6-8-20-9-7-17/h11H,1-10H2,(H2,14,15,16,19). The first kappa shape index (κ1) is 13.8. The SMILES string of the molecule is O=c1[nH]nc(C2CCCN(CCN3CCOCC3)C2)[nH]1. The molecule has 2 aliphatic rings. The molecule has 0 aromatic carbocycles. The van der Waals surface area contributed by atoms with Crippen molar-refractivity contribution in [3.05, 3.63) is 16.3 Å². The summed E-state index contributed by atoms with van der Waals surface area (Å²) >= 11 is 0. The Hall–Kier alpha value is -1.18. The average Bonchev–Trinajstić information content (AvgIpc) is 2.93. The van der Waals surface area contributed by atoms with Gasteiger partial charge in [0.05, 0.1) is 13.2 Å². The number of hydrogen-bond donors (Lipinski definition) is 2. The van der Waals surface area contributed by atoms with Crippen LogP contribution in [0.1, 0.15) is 24.6 Å². The van der Waals surface area contributed by atoms with E-state index in [0.29, 0.717) is 5.92 Å². The molecule has 1 aromatic heterocycles. The molecule has 0 aliphatic carbocycles.